The van der Waals surface area contributed by atoms with Crippen LogP contribution in [0.3, 0.4) is 0 Å². The molecule has 2 N–H and O–H groups in total. The van der Waals surface area contributed by atoms with E-state index in [4.69, 9.17) is 23.2 Å². The highest BCUT2D eigenvalue weighted by Crippen LogP contribution is 2.32. The predicted molar refractivity (Wildman–Crippen MR) is 110 cm³/mol. The van der Waals surface area contributed by atoms with E-state index in [9.17, 15) is 9.90 Å². The van der Waals surface area contributed by atoms with Crippen molar-refractivity contribution in [2.45, 2.75) is 6.92 Å². The van der Waals surface area contributed by atoms with E-state index in [0.29, 0.717) is 21.7 Å². The van der Waals surface area contributed by atoms with Gasteiger partial charge in [0.15, 0.2) is 5.65 Å². The number of aromatic hydroxyl groups is 1. The highest BCUT2D eigenvalue weighted by Gasteiger charge is 2.20. The Morgan fingerprint density at radius 3 is 2.64 bits per heavy atom. The van der Waals surface area contributed by atoms with E-state index in [1.54, 1.807) is 11.6 Å². The smallest absolute Gasteiger partial charge is 0.258 e. The van der Waals surface area contributed by atoms with Gasteiger partial charge in [-0.05, 0) is 37.3 Å². The van der Waals surface area contributed by atoms with Crippen molar-refractivity contribution in [3.05, 3.63) is 76.0 Å². The number of phenols is 1. The van der Waals surface area contributed by atoms with E-state index < -0.39 is 5.91 Å². The zero-order valence-electron chi connectivity index (χ0n) is 14.6. The van der Waals surface area contributed by atoms with E-state index in [0.717, 1.165) is 5.69 Å². The van der Waals surface area contributed by atoms with Gasteiger partial charge in [0.1, 0.15) is 5.75 Å². The third-order valence-electron chi connectivity index (χ3n) is 4.26. The number of phenolic OH excluding ortho intramolecular Hbond substituents is 1. The summed E-state index contributed by atoms with van der Waals surface area (Å²) in [5, 5.41) is 18.2. The number of halogens is 2. The fraction of sp³-hybridized carbons (Fsp3) is 0.0500. The Bertz CT molecular complexity index is 1210. The molecule has 6 nitrogen and oxygen atoms in total. The molecule has 0 spiro atoms. The average Bonchev–Trinajstić information content (AvgIpc) is 3.03. The molecule has 2 aromatic heterocycles. The summed E-state index contributed by atoms with van der Waals surface area (Å²) in [5.41, 5.74) is 2.40. The number of fused-ring (bicyclic) bond motifs is 1. The number of para-hydroxylation sites is 1. The van der Waals surface area contributed by atoms with Crippen LogP contribution >= 0.6 is 23.2 Å². The topological polar surface area (TPSA) is 80.0 Å². The lowest BCUT2D eigenvalue weighted by Gasteiger charge is -2.09. The number of pyridine rings is 1. The summed E-state index contributed by atoms with van der Waals surface area (Å²) >= 11 is 12.5. The van der Waals surface area contributed by atoms with E-state index >= 15 is 0 Å². The second-order valence-electron chi connectivity index (χ2n) is 6.13. The second-order valence-corrected chi connectivity index (χ2v) is 6.95. The maximum Gasteiger partial charge on any atom is 0.258 e. The van der Waals surface area contributed by atoms with Crippen molar-refractivity contribution >= 4 is 45.8 Å². The van der Waals surface area contributed by atoms with Crippen molar-refractivity contribution in [3.8, 4) is 11.4 Å². The van der Waals surface area contributed by atoms with Crippen LogP contribution in [-0.2, 0) is 0 Å². The number of aromatic nitrogens is 3. The molecule has 0 radical (unpaired) electrons. The summed E-state index contributed by atoms with van der Waals surface area (Å²) < 4.78 is 1.68. The molecule has 2 aromatic carbocycles. The molecule has 4 aromatic rings. The Hall–Kier alpha value is -3.09. The van der Waals surface area contributed by atoms with Crippen molar-refractivity contribution < 1.29 is 9.90 Å². The molecule has 0 atom stereocenters. The molecule has 0 saturated heterocycles. The quantitative estimate of drug-likeness (QED) is 0.464. The Balaban J connectivity index is 1.77. The summed E-state index contributed by atoms with van der Waals surface area (Å²) in [4.78, 5) is 17.1. The number of aryl methyl sites for hydroxylation is 1. The maximum atomic E-state index is 12.7. The Morgan fingerprint density at radius 1 is 1.14 bits per heavy atom. The van der Waals surface area contributed by atoms with Gasteiger partial charge in [-0.1, -0.05) is 41.4 Å². The van der Waals surface area contributed by atoms with Crippen LogP contribution < -0.4 is 5.32 Å². The minimum atomic E-state index is -0.510. The molecule has 0 fully saturated rings. The normalized spacial score (nSPS) is 11.0. The van der Waals surface area contributed by atoms with Gasteiger partial charge in [-0.2, -0.15) is 5.10 Å². The highest BCUT2D eigenvalue weighted by atomic mass is 35.5. The fourth-order valence-electron chi connectivity index (χ4n) is 2.91. The summed E-state index contributed by atoms with van der Waals surface area (Å²) in [6, 6.07) is 13.9. The van der Waals surface area contributed by atoms with Crippen molar-refractivity contribution in [3.63, 3.8) is 0 Å². The van der Waals surface area contributed by atoms with Crippen LogP contribution in [0.5, 0.6) is 5.75 Å². The van der Waals surface area contributed by atoms with Crippen molar-refractivity contribution in [2.75, 3.05) is 5.32 Å². The van der Waals surface area contributed by atoms with Crippen LogP contribution in [0, 0.1) is 6.92 Å². The van der Waals surface area contributed by atoms with E-state index in [-0.39, 0.29) is 22.0 Å². The fourth-order valence-corrected chi connectivity index (χ4v) is 3.44. The van der Waals surface area contributed by atoms with Crippen molar-refractivity contribution in [2.24, 2.45) is 0 Å². The minimum Gasteiger partial charge on any atom is -0.506 e. The van der Waals surface area contributed by atoms with Gasteiger partial charge in [0.25, 0.3) is 5.91 Å². The van der Waals surface area contributed by atoms with E-state index in [1.165, 1.54) is 24.4 Å². The lowest BCUT2D eigenvalue weighted by molar-refractivity contribution is 0.102. The molecule has 8 heteroatoms. The van der Waals surface area contributed by atoms with Gasteiger partial charge >= 0.3 is 0 Å². The van der Waals surface area contributed by atoms with Crippen LogP contribution in [0.4, 0.5) is 5.69 Å². The Kier molecular flexibility index (Phi) is 4.66. The summed E-state index contributed by atoms with van der Waals surface area (Å²) in [6.07, 6.45) is 1.39. The molecule has 28 heavy (non-hydrogen) atoms. The average molecular weight is 413 g/mol. The van der Waals surface area contributed by atoms with Gasteiger partial charge in [0, 0.05) is 11.2 Å². The number of nitrogens with zero attached hydrogens (tertiary/aromatic N) is 3. The van der Waals surface area contributed by atoms with Gasteiger partial charge in [0.2, 0.25) is 0 Å². The summed E-state index contributed by atoms with van der Waals surface area (Å²) in [7, 11) is 0. The molecule has 4 rings (SSSR count). The van der Waals surface area contributed by atoms with Crippen LogP contribution in [0.15, 0.2) is 54.7 Å². The van der Waals surface area contributed by atoms with Crippen LogP contribution in [0.1, 0.15) is 16.1 Å². The minimum absolute atomic E-state index is 0.101. The molecular weight excluding hydrogens is 399 g/mol. The van der Waals surface area contributed by atoms with E-state index in [1.807, 2.05) is 30.3 Å². The monoisotopic (exact) mass is 412 g/mol. The number of amides is 1. The van der Waals surface area contributed by atoms with Gasteiger partial charge < -0.3 is 10.4 Å². The number of hydrogen-bond donors (Lipinski definition) is 2. The lowest BCUT2D eigenvalue weighted by Crippen LogP contribution is -2.13. The highest BCUT2D eigenvalue weighted by molar-refractivity contribution is 6.39. The molecule has 0 aliphatic rings. The first kappa shape index (κ1) is 18.3. The van der Waals surface area contributed by atoms with Gasteiger partial charge in [0.05, 0.1) is 33.0 Å². The molecule has 0 saturated carbocycles. The first-order valence-electron chi connectivity index (χ1n) is 8.35. The van der Waals surface area contributed by atoms with Crippen molar-refractivity contribution in [1.29, 1.82) is 0 Å². The van der Waals surface area contributed by atoms with Crippen molar-refractivity contribution in [1.82, 2.24) is 14.8 Å². The van der Waals surface area contributed by atoms with Crippen LogP contribution in [-0.4, -0.2) is 25.8 Å². The third kappa shape index (κ3) is 3.17. The number of rotatable bonds is 3. The molecule has 0 aliphatic heterocycles. The molecule has 1 amide bonds. The molecule has 0 aliphatic carbocycles. The first-order valence-corrected chi connectivity index (χ1v) is 9.10. The largest absolute Gasteiger partial charge is 0.506 e. The number of benzene rings is 2. The molecular formula is C20H14Cl2N4O2. The predicted octanol–water partition coefficient (Wildman–Crippen LogP) is 4.99. The molecule has 0 unspecified atom stereocenters. The number of anilines is 1. The second kappa shape index (κ2) is 7.14. The number of carbonyl (C=O) groups excluding carboxylic acids is 1. The first-order chi connectivity index (χ1) is 13.5. The van der Waals surface area contributed by atoms with E-state index in [2.05, 4.69) is 15.4 Å². The molecule has 2 heterocycles. The standard InChI is InChI=1S/C20H14Cl2N4O2/c1-11-17-18(22)14(20(28)24-15-9-12(21)7-8-16(15)27)10-23-19(17)26(25-11)13-5-3-2-4-6-13/h2-10,27H,1H3,(H,24,28). The van der Waals surface area contributed by atoms with Crippen LogP contribution in [0.25, 0.3) is 16.7 Å². The zero-order chi connectivity index (χ0) is 19.8. The van der Waals surface area contributed by atoms with Gasteiger partial charge in [-0.3, -0.25) is 4.79 Å². The Morgan fingerprint density at radius 2 is 1.89 bits per heavy atom. The lowest BCUT2D eigenvalue weighted by atomic mass is 10.2. The maximum absolute atomic E-state index is 12.7. The Labute approximate surface area is 170 Å². The summed E-state index contributed by atoms with van der Waals surface area (Å²) in [5.74, 6) is -0.611. The summed E-state index contributed by atoms with van der Waals surface area (Å²) in [6.45, 7) is 1.81. The van der Waals surface area contributed by atoms with Gasteiger partial charge in [-0.15, -0.1) is 0 Å². The number of nitrogens with one attached hydrogen (secondary N) is 1. The zero-order valence-corrected chi connectivity index (χ0v) is 16.2. The SMILES string of the molecule is Cc1nn(-c2ccccc2)c2ncc(C(=O)Nc3cc(Cl)ccc3O)c(Cl)c12. The number of carbonyl (C=O) groups is 1. The molecule has 140 valence electrons. The van der Waals surface area contributed by atoms with Gasteiger partial charge in [-0.25, -0.2) is 9.67 Å². The third-order valence-corrected chi connectivity index (χ3v) is 4.89. The number of hydrogen-bond acceptors (Lipinski definition) is 4. The molecule has 0 bridgehead atoms. The van der Waals surface area contributed by atoms with Crippen LogP contribution in [0.2, 0.25) is 10.0 Å².